The lowest BCUT2D eigenvalue weighted by Gasteiger charge is -2.08. The maximum Gasteiger partial charge on any atom is 0.236 e. The van der Waals surface area contributed by atoms with Crippen LogP contribution in [0.4, 0.5) is 0 Å². The number of allylic oxidation sites excluding steroid dienone is 1. The van der Waals surface area contributed by atoms with Gasteiger partial charge in [0.05, 0.1) is 7.11 Å². The van der Waals surface area contributed by atoms with Gasteiger partial charge < -0.3 is 4.74 Å². The number of methoxy groups -OCH3 is 1. The van der Waals surface area contributed by atoms with Crippen molar-refractivity contribution >= 4 is 5.90 Å². The number of rotatable bonds is 0. The van der Waals surface area contributed by atoms with E-state index in [0.717, 1.165) is 5.70 Å². The number of nitrogens with one attached hydrogen (secondary N) is 1. The molecule has 1 aliphatic heterocycles. The predicted molar refractivity (Wildman–Crippen MR) is 33.5 cm³/mol. The first-order chi connectivity index (χ1) is 4.33. The van der Waals surface area contributed by atoms with Crippen LogP contribution in [0.25, 0.3) is 0 Å². The first-order valence-corrected chi connectivity index (χ1v) is 2.59. The Morgan fingerprint density at radius 1 is 1.67 bits per heavy atom. The predicted octanol–water partition coefficient (Wildman–Crippen LogP) is -0.0273. The summed E-state index contributed by atoms with van der Waals surface area (Å²) in [6, 6.07) is 0. The lowest BCUT2D eigenvalue weighted by atomic mass is 10.4. The van der Waals surface area contributed by atoms with Gasteiger partial charge in [-0.3, -0.25) is 5.43 Å². The second kappa shape index (κ2) is 2.39. The second-order valence-corrected chi connectivity index (χ2v) is 1.68. The molecule has 9 heavy (non-hydrogen) atoms. The lowest BCUT2D eigenvalue weighted by molar-refractivity contribution is 0.392. The average Bonchev–Trinajstić information content (AvgIpc) is 1.88. The fourth-order valence-corrected chi connectivity index (χ4v) is 0.499. The lowest BCUT2D eigenvalue weighted by Crippen LogP contribution is -2.24. The molecule has 0 unspecified atom stereocenters. The Labute approximate surface area is 53.6 Å². The molecular weight excluding hydrogens is 118 g/mol. The van der Waals surface area contributed by atoms with Gasteiger partial charge in [0.15, 0.2) is 0 Å². The molecule has 0 aromatic heterocycles. The topological polar surface area (TPSA) is 47.7 Å². The molecule has 4 nitrogen and oxygen atoms in total. The van der Waals surface area contributed by atoms with Crippen LogP contribution >= 0.6 is 0 Å². The van der Waals surface area contributed by atoms with Crippen molar-refractivity contribution in [3.8, 4) is 0 Å². The van der Waals surface area contributed by atoms with Gasteiger partial charge in [-0.25, -0.2) is 0 Å². The summed E-state index contributed by atoms with van der Waals surface area (Å²) in [7, 11) is 1.56. The van der Waals surface area contributed by atoms with Crippen LogP contribution in [0.5, 0.6) is 0 Å². The van der Waals surface area contributed by atoms with E-state index in [4.69, 9.17) is 4.74 Å². The van der Waals surface area contributed by atoms with Gasteiger partial charge in [-0.15, -0.1) is 0 Å². The molecule has 1 N–H and O–H groups in total. The normalized spacial score (nSPS) is 16.7. The largest absolute Gasteiger partial charge is 0.480 e. The molecule has 0 atom stereocenters. The van der Waals surface area contributed by atoms with Crippen molar-refractivity contribution in [2.24, 2.45) is 5.10 Å². The highest BCUT2D eigenvalue weighted by Gasteiger charge is 2.00. The van der Waals surface area contributed by atoms with Gasteiger partial charge in [0, 0.05) is 11.8 Å². The second-order valence-electron chi connectivity index (χ2n) is 1.68. The number of nitrogens with zero attached hydrogens (tertiary/aromatic N) is 2. The van der Waals surface area contributed by atoms with Gasteiger partial charge in [0.2, 0.25) is 5.90 Å². The van der Waals surface area contributed by atoms with Crippen LogP contribution in [0.3, 0.4) is 0 Å². The number of ether oxygens (including phenoxy) is 1. The van der Waals surface area contributed by atoms with Crippen LogP contribution in [0.15, 0.2) is 16.9 Å². The monoisotopic (exact) mass is 126 g/mol. The van der Waals surface area contributed by atoms with Gasteiger partial charge in [0.1, 0.15) is 0 Å². The van der Waals surface area contributed by atoms with Gasteiger partial charge in [-0.05, 0) is 6.92 Å². The summed E-state index contributed by atoms with van der Waals surface area (Å²) in [6.45, 7) is 1.89. The molecule has 0 fully saturated rings. The van der Waals surface area contributed by atoms with Crippen LogP contribution in [-0.4, -0.2) is 13.0 Å². The summed E-state index contributed by atoms with van der Waals surface area (Å²) >= 11 is 0. The van der Waals surface area contributed by atoms with Crippen molar-refractivity contribution in [1.82, 2.24) is 11.0 Å². The molecule has 4 heteroatoms. The van der Waals surface area contributed by atoms with E-state index in [9.17, 15) is 0 Å². The van der Waals surface area contributed by atoms with Crippen molar-refractivity contribution in [2.45, 2.75) is 6.92 Å². The zero-order chi connectivity index (χ0) is 6.69. The van der Waals surface area contributed by atoms with Crippen molar-refractivity contribution in [3.05, 3.63) is 11.8 Å². The average molecular weight is 126 g/mol. The van der Waals surface area contributed by atoms with Gasteiger partial charge in [0.25, 0.3) is 0 Å². The van der Waals surface area contributed by atoms with Gasteiger partial charge >= 0.3 is 0 Å². The summed E-state index contributed by atoms with van der Waals surface area (Å²) in [5.41, 5.74) is 7.15. The van der Waals surface area contributed by atoms with E-state index in [2.05, 4.69) is 16.1 Å². The summed E-state index contributed by atoms with van der Waals surface area (Å²) in [5.74, 6) is 0.534. The molecule has 49 valence electrons. The Bertz CT molecular complexity index is 162. The first kappa shape index (κ1) is 5.94. The highest BCUT2D eigenvalue weighted by atomic mass is 16.5. The van der Waals surface area contributed by atoms with E-state index in [1.165, 1.54) is 0 Å². The molecule has 0 aliphatic carbocycles. The summed E-state index contributed by atoms with van der Waals surface area (Å²) in [5, 5.41) is 3.63. The molecule has 1 heterocycles. The molecule has 1 aliphatic rings. The molecule has 0 aromatic rings. The third kappa shape index (κ3) is 1.35. The van der Waals surface area contributed by atoms with Crippen LogP contribution in [0, 0.1) is 0 Å². The summed E-state index contributed by atoms with van der Waals surface area (Å²) in [4.78, 5) is 0. The third-order valence-electron chi connectivity index (χ3n) is 0.924. The zero-order valence-corrected chi connectivity index (χ0v) is 5.38. The Morgan fingerprint density at radius 3 is 2.89 bits per heavy atom. The van der Waals surface area contributed by atoms with Crippen molar-refractivity contribution < 1.29 is 4.74 Å². The molecule has 1 radical (unpaired) electrons. The van der Waals surface area contributed by atoms with E-state index in [1.807, 2.05) is 6.92 Å². The molecule has 0 amide bonds. The Morgan fingerprint density at radius 2 is 2.44 bits per heavy atom. The zero-order valence-electron chi connectivity index (χ0n) is 5.38. The minimum atomic E-state index is 0.534. The molecule has 0 spiro atoms. The van der Waals surface area contributed by atoms with Crippen molar-refractivity contribution in [1.29, 1.82) is 0 Å². The minimum Gasteiger partial charge on any atom is -0.480 e. The molecule has 0 saturated carbocycles. The number of hydrogen-bond donors (Lipinski definition) is 1. The van der Waals surface area contributed by atoms with E-state index in [0.29, 0.717) is 5.90 Å². The fraction of sp³-hybridized carbons (Fsp3) is 0.400. The van der Waals surface area contributed by atoms with Crippen molar-refractivity contribution in [3.63, 3.8) is 0 Å². The molecular formula is C5H8N3O. The first-order valence-electron chi connectivity index (χ1n) is 2.59. The van der Waals surface area contributed by atoms with Crippen LogP contribution < -0.4 is 11.0 Å². The Hall–Kier alpha value is -1.19. The SMILES string of the molecule is COC1=N[N]NC(C)=C1. The Kier molecular flexibility index (Phi) is 1.58. The summed E-state index contributed by atoms with van der Waals surface area (Å²) in [6.07, 6.45) is 1.77. The molecule has 0 aromatic carbocycles. The minimum absolute atomic E-state index is 0.534. The van der Waals surface area contributed by atoms with Crippen LogP contribution in [-0.2, 0) is 4.74 Å². The van der Waals surface area contributed by atoms with E-state index in [-0.39, 0.29) is 0 Å². The smallest absolute Gasteiger partial charge is 0.236 e. The molecule has 0 bridgehead atoms. The van der Waals surface area contributed by atoms with Gasteiger partial charge in [-0.2, -0.15) is 0 Å². The van der Waals surface area contributed by atoms with E-state index in [1.54, 1.807) is 13.2 Å². The quantitative estimate of drug-likeness (QED) is 0.495. The maximum atomic E-state index is 4.80. The van der Waals surface area contributed by atoms with Crippen molar-refractivity contribution in [2.75, 3.05) is 7.11 Å². The van der Waals surface area contributed by atoms with Crippen LogP contribution in [0.1, 0.15) is 6.92 Å². The standard InChI is InChI=1S/C5H8N3O/c1-4-3-5(9-2)7-8-6-4/h3,6H,1-2H3. The summed E-state index contributed by atoms with van der Waals surface area (Å²) < 4.78 is 4.80. The fourth-order valence-electron chi connectivity index (χ4n) is 0.499. The third-order valence-corrected chi connectivity index (χ3v) is 0.924. The molecule has 0 saturated heterocycles. The highest BCUT2D eigenvalue weighted by Crippen LogP contribution is 1.93. The molecule has 1 rings (SSSR count). The van der Waals surface area contributed by atoms with Gasteiger partial charge in [-0.1, -0.05) is 10.6 Å². The van der Waals surface area contributed by atoms with E-state index >= 15 is 0 Å². The Balaban J connectivity index is 2.63. The highest BCUT2D eigenvalue weighted by molar-refractivity contribution is 5.88. The maximum absolute atomic E-state index is 4.80. The van der Waals surface area contributed by atoms with Crippen LogP contribution in [0.2, 0.25) is 0 Å². The number of hydrogen-bond acceptors (Lipinski definition) is 3. The van der Waals surface area contributed by atoms with E-state index < -0.39 is 0 Å².